The van der Waals surface area contributed by atoms with Crippen molar-refractivity contribution in [3.63, 3.8) is 0 Å². The Labute approximate surface area is 154 Å². The van der Waals surface area contributed by atoms with Crippen LogP contribution in [0.2, 0.25) is 0 Å². The van der Waals surface area contributed by atoms with Crippen molar-refractivity contribution in [2.75, 3.05) is 13.9 Å². The number of methoxy groups -OCH3 is 1. The van der Waals surface area contributed by atoms with Crippen molar-refractivity contribution >= 4 is 12.4 Å². The quantitative estimate of drug-likeness (QED) is 0.805. The molecule has 1 heterocycles. The minimum absolute atomic E-state index is 0. The van der Waals surface area contributed by atoms with Gasteiger partial charge in [-0.25, -0.2) is 0 Å². The summed E-state index contributed by atoms with van der Waals surface area (Å²) in [6, 6.07) is 11.9. The lowest BCUT2D eigenvalue weighted by Gasteiger charge is -2.17. The fraction of sp³-hybridized carbons (Fsp3) is 0.368. The first kappa shape index (κ1) is 19.2. The largest absolute Gasteiger partial charge is 0.493 e. The number of fused-ring (bicyclic) bond motifs is 1. The Morgan fingerprint density at radius 2 is 1.88 bits per heavy atom. The first-order chi connectivity index (χ1) is 11.7. The number of benzene rings is 2. The molecule has 1 N–H and O–H groups in total. The zero-order valence-corrected chi connectivity index (χ0v) is 15.5. The maximum absolute atomic E-state index is 5.93. The van der Waals surface area contributed by atoms with Crippen LogP contribution in [-0.2, 0) is 13.1 Å². The third-order valence-electron chi connectivity index (χ3n) is 3.72. The van der Waals surface area contributed by atoms with Gasteiger partial charge in [0.1, 0.15) is 0 Å². The Kier molecular flexibility index (Phi) is 6.79. The predicted octanol–water partition coefficient (Wildman–Crippen LogP) is 3.92. The molecule has 3 rings (SSSR count). The van der Waals surface area contributed by atoms with Gasteiger partial charge in [-0.15, -0.1) is 12.4 Å². The zero-order valence-electron chi connectivity index (χ0n) is 14.7. The van der Waals surface area contributed by atoms with E-state index in [9.17, 15) is 0 Å². The standard InChI is InChI=1S/C19H23NO4.ClH/c1-13(2)24-19-15(5-4-6-17(19)21-3)11-20-10-14-7-8-16-18(9-14)23-12-22-16;/h4-9,13,20H,10-12H2,1-3H3;1H. The van der Waals surface area contributed by atoms with Gasteiger partial charge < -0.3 is 24.3 Å². The van der Waals surface area contributed by atoms with Crippen LogP contribution in [-0.4, -0.2) is 20.0 Å². The molecule has 2 aromatic carbocycles. The summed E-state index contributed by atoms with van der Waals surface area (Å²) in [5.74, 6) is 3.16. The summed E-state index contributed by atoms with van der Waals surface area (Å²) >= 11 is 0. The number of nitrogens with one attached hydrogen (secondary N) is 1. The number of halogens is 1. The van der Waals surface area contributed by atoms with Gasteiger partial charge in [0.25, 0.3) is 0 Å². The SMILES string of the molecule is COc1cccc(CNCc2ccc3c(c2)OCO3)c1OC(C)C.Cl. The van der Waals surface area contributed by atoms with E-state index >= 15 is 0 Å². The van der Waals surface area contributed by atoms with Crippen molar-refractivity contribution in [2.24, 2.45) is 0 Å². The smallest absolute Gasteiger partial charge is 0.231 e. The first-order valence-corrected chi connectivity index (χ1v) is 8.09. The Morgan fingerprint density at radius 1 is 1.08 bits per heavy atom. The van der Waals surface area contributed by atoms with Crippen LogP contribution in [0, 0.1) is 0 Å². The van der Waals surface area contributed by atoms with E-state index in [0.29, 0.717) is 13.3 Å². The Bertz CT molecular complexity index is 706. The van der Waals surface area contributed by atoms with Crippen LogP contribution < -0.4 is 24.3 Å². The number of rotatable bonds is 7. The topological polar surface area (TPSA) is 49.0 Å². The number of hydrogen-bond donors (Lipinski definition) is 1. The minimum Gasteiger partial charge on any atom is -0.493 e. The Morgan fingerprint density at radius 3 is 2.64 bits per heavy atom. The van der Waals surface area contributed by atoms with Gasteiger partial charge >= 0.3 is 0 Å². The Balaban J connectivity index is 0.00000225. The molecule has 0 aliphatic carbocycles. The van der Waals surface area contributed by atoms with E-state index in [1.807, 2.05) is 50.2 Å². The second kappa shape index (κ2) is 8.83. The summed E-state index contributed by atoms with van der Waals surface area (Å²) in [5, 5.41) is 3.44. The highest BCUT2D eigenvalue weighted by molar-refractivity contribution is 5.85. The minimum atomic E-state index is 0. The van der Waals surface area contributed by atoms with E-state index < -0.39 is 0 Å². The third-order valence-corrected chi connectivity index (χ3v) is 3.72. The van der Waals surface area contributed by atoms with Gasteiger partial charge in [-0.05, 0) is 37.6 Å². The van der Waals surface area contributed by atoms with E-state index in [4.69, 9.17) is 18.9 Å². The predicted molar refractivity (Wildman–Crippen MR) is 99.1 cm³/mol. The lowest BCUT2D eigenvalue weighted by Crippen LogP contribution is -2.15. The van der Waals surface area contributed by atoms with Crippen LogP contribution in [0.1, 0.15) is 25.0 Å². The Hall–Kier alpha value is -2.11. The van der Waals surface area contributed by atoms with E-state index in [0.717, 1.165) is 40.7 Å². The fourth-order valence-corrected chi connectivity index (χ4v) is 2.62. The summed E-state index contributed by atoms with van der Waals surface area (Å²) in [6.45, 7) is 5.74. The van der Waals surface area contributed by atoms with Gasteiger partial charge in [0.2, 0.25) is 6.79 Å². The van der Waals surface area contributed by atoms with E-state index in [1.54, 1.807) is 7.11 Å². The molecule has 0 saturated heterocycles. The summed E-state index contributed by atoms with van der Waals surface area (Å²) in [4.78, 5) is 0. The van der Waals surface area contributed by atoms with Crippen LogP contribution in [0.15, 0.2) is 36.4 Å². The van der Waals surface area contributed by atoms with Gasteiger partial charge in [0.05, 0.1) is 13.2 Å². The normalized spacial score (nSPS) is 12.0. The monoisotopic (exact) mass is 365 g/mol. The van der Waals surface area contributed by atoms with E-state index in [1.165, 1.54) is 0 Å². The summed E-state index contributed by atoms with van der Waals surface area (Å²) in [6.07, 6.45) is 0.0916. The third kappa shape index (κ3) is 4.71. The maximum Gasteiger partial charge on any atom is 0.231 e. The van der Waals surface area contributed by atoms with Crippen molar-refractivity contribution in [3.8, 4) is 23.0 Å². The molecule has 0 bridgehead atoms. The molecule has 1 aliphatic rings. The average molecular weight is 366 g/mol. The second-order valence-corrected chi connectivity index (χ2v) is 5.91. The first-order valence-electron chi connectivity index (χ1n) is 8.09. The lowest BCUT2D eigenvalue weighted by molar-refractivity contribution is 0.174. The molecule has 0 saturated carbocycles. The molecule has 0 unspecified atom stereocenters. The summed E-state index contributed by atoms with van der Waals surface area (Å²) in [7, 11) is 1.66. The number of ether oxygens (including phenoxy) is 4. The molecular formula is C19H24ClNO4. The molecule has 0 atom stereocenters. The van der Waals surface area contributed by atoms with Crippen molar-refractivity contribution in [3.05, 3.63) is 47.5 Å². The van der Waals surface area contributed by atoms with Crippen LogP contribution in [0.5, 0.6) is 23.0 Å². The van der Waals surface area contributed by atoms with Gasteiger partial charge in [-0.1, -0.05) is 18.2 Å². The maximum atomic E-state index is 5.93. The van der Waals surface area contributed by atoms with Gasteiger partial charge in [-0.3, -0.25) is 0 Å². The van der Waals surface area contributed by atoms with Gasteiger partial charge in [-0.2, -0.15) is 0 Å². The molecular weight excluding hydrogens is 342 g/mol. The average Bonchev–Trinajstić information content (AvgIpc) is 3.03. The van der Waals surface area contributed by atoms with Crippen molar-refractivity contribution < 1.29 is 18.9 Å². The van der Waals surface area contributed by atoms with E-state index in [-0.39, 0.29) is 18.5 Å². The molecule has 5 nitrogen and oxygen atoms in total. The zero-order chi connectivity index (χ0) is 16.9. The highest BCUT2D eigenvalue weighted by Crippen LogP contribution is 2.33. The number of para-hydroxylation sites is 1. The van der Waals surface area contributed by atoms with E-state index in [2.05, 4.69) is 5.32 Å². The highest BCUT2D eigenvalue weighted by atomic mass is 35.5. The molecule has 0 aromatic heterocycles. The van der Waals surface area contributed by atoms with Crippen LogP contribution >= 0.6 is 12.4 Å². The highest BCUT2D eigenvalue weighted by Gasteiger charge is 2.14. The van der Waals surface area contributed by atoms with Crippen molar-refractivity contribution in [1.29, 1.82) is 0 Å². The second-order valence-electron chi connectivity index (χ2n) is 5.91. The molecule has 136 valence electrons. The molecule has 0 fully saturated rings. The molecule has 25 heavy (non-hydrogen) atoms. The molecule has 6 heteroatoms. The molecule has 2 aromatic rings. The fourth-order valence-electron chi connectivity index (χ4n) is 2.62. The van der Waals surface area contributed by atoms with Crippen LogP contribution in [0.3, 0.4) is 0 Å². The molecule has 0 amide bonds. The van der Waals surface area contributed by atoms with Gasteiger partial charge in [0.15, 0.2) is 23.0 Å². The van der Waals surface area contributed by atoms with Crippen molar-refractivity contribution in [2.45, 2.75) is 33.0 Å². The van der Waals surface area contributed by atoms with Crippen molar-refractivity contribution in [1.82, 2.24) is 5.32 Å². The number of hydrogen-bond acceptors (Lipinski definition) is 5. The van der Waals surface area contributed by atoms with Gasteiger partial charge in [0, 0.05) is 18.7 Å². The molecule has 0 spiro atoms. The summed E-state index contributed by atoms with van der Waals surface area (Å²) < 4.78 is 22.1. The molecule has 0 radical (unpaired) electrons. The van der Waals surface area contributed by atoms with Crippen LogP contribution in [0.25, 0.3) is 0 Å². The lowest BCUT2D eigenvalue weighted by atomic mass is 10.1. The molecule has 1 aliphatic heterocycles. The summed E-state index contributed by atoms with van der Waals surface area (Å²) in [5.41, 5.74) is 2.22. The van der Waals surface area contributed by atoms with Crippen LogP contribution in [0.4, 0.5) is 0 Å².